The molecule has 0 amide bonds. The van der Waals surface area contributed by atoms with Crippen LogP contribution in [0.5, 0.6) is 0 Å². The molecule has 0 bridgehead atoms. The molecule has 0 spiro atoms. The molecule has 1 aliphatic carbocycles. The Labute approximate surface area is 198 Å². The van der Waals surface area contributed by atoms with E-state index in [1.807, 2.05) is 30.5 Å². The maximum absolute atomic E-state index is 6.59. The summed E-state index contributed by atoms with van der Waals surface area (Å²) < 4.78 is 2.16. The van der Waals surface area contributed by atoms with Crippen molar-refractivity contribution >= 4 is 40.5 Å². The Kier molecular flexibility index (Phi) is 5.91. The van der Waals surface area contributed by atoms with E-state index in [2.05, 4.69) is 44.2 Å². The minimum atomic E-state index is -0.0321. The van der Waals surface area contributed by atoms with Gasteiger partial charge in [-0.25, -0.2) is 0 Å². The molecule has 5 rings (SSSR count). The normalized spacial score (nSPS) is 22.0. The second kappa shape index (κ2) is 8.81. The van der Waals surface area contributed by atoms with Crippen molar-refractivity contribution in [2.45, 2.75) is 50.2 Å². The Balaban J connectivity index is 1.62. The zero-order valence-corrected chi connectivity index (χ0v) is 19.4. The smallest absolute Gasteiger partial charge is 0.170 e. The maximum atomic E-state index is 6.59. The molecule has 3 aromatic rings. The summed E-state index contributed by atoms with van der Waals surface area (Å²) in [6, 6.07) is 16.3. The van der Waals surface area contributed by atoms with E-state index in [4.69, 9.17) is 35.4 Å². The lowest BCUT2D eigenvalue weighted by Gasteiger charge is -2.37. The Bertz CT molecular complexity index is 1080. The van der Waals surface area contributed by atoms with Crippen molar-refractivity contribution in [3.05, 3.63) is 82.4 Å². The highest BCUT2D eigenvalue weighted by Crippen LogP contribution is 2.43. The number of nitrogens with zero attached hydrogens (tertiary/aromatic N) is 3. The van der Waals surface area contributed by atoms with Crippen LogP contribution in [0.25, 0.3) is 5.69 Å². The number of hydrogen-bond donors (Lipinski definition) is 1. The highest BCUT2D eigenvalue weighted by Gasteiger charge is 2.44. The number of aromatic nitrogens is 2. The van der Waals surface area contributed by atoms with Gasteiger partial charge >= 0.3 is 0 Å². The topological polar surface area (TPSA) is 33.1 Å². The molecular formula is C24H24Cl2N4S. The van der Waals surface area contributed by atoms with Crippen molar-refractivity contribution in [2.24, 2.45) is 0 Å². The van der Waals surface area contributed by atoms with E-state index in [1.54, 1.807) is 6.07 Å². The molecule has 4 nitrogen and oxygen atoms in total. The molecule has 1 saturated carbocycles. The molecule has 160 valence electrons. The van der Waals surface area contributed by atoms with Crippen LogP contribution in [0.2, 0.25) is 10.0 Å². The van der Waals surface area contributed by atoms with Crippen LogP contribution in [-0.2, 0) is 0 Å². The van der Waals surface area contributed by atoms with Crippen LogP contribution in [0.3, 0.4) is 0 Å². The lowest BCUT2D eigenvalue weighted by atomic mass is 9.92. The maximum Gasteiger partial charge on any atom is 0.170 e. The first-order valence-corrected chi connectivity index (χ1v) is 11.9. The van der Waals surface area contributed by atoms with Crippen LogP contribution < -0.4 is 5.32 Å². The summed E-state index contributed by atoms with van der Waals surface area (Å²) in [4.78, 5) is 7.09. The van der Waals surface area contributed by atoms with E-state index in [0.717, 1.165) is 35.0 Å². The molecule has 2 atom stereocenters. The molecule has 31 heavy (non-hydrogen) atoms. The average molecular weight is 471 g/mol. The van der Waals surface area contributed by atoms with Crippen molar-refractivity contribution in [3.63, 3.8) is 0 Å². The van der Waals surface area contributed by atoms with E-state index < -0.39 is 0 Å². The fourth-order valence-corrected chi connectivity index (χ4v) is 5.85. The zero-order chi connectivity index (χ0) is 21.4. The van der Waals surface area contributed by atoms with Crippen LogP contribution in [0.15, 0.2) is 60.9 Å². The van der Waals surface area contributed by atoms with E-state index in [0.29, 0.717) is 16.1 Å². The average Bonchev–Trinajstić information content (AvgIpc) is 3.39. The monoisotopic (exact) mass is 470 g/mol. The van der Waals surface area contributed by atoms with Gasteiger partial charge in [0.1, 0.15) is 0 Å². The first-order chi connectivity index (χ1) is 15.1. The number of nitrogens with one attached hydrogen (secondary N) is 1. The first-order valence-electron chi connectivity index (χ1n) is 10.8. The summed E-state index contributed by atoms with van der Waals surface area (Å²) in [6.45, 7) is 0. The van der Waals surface area contributed by atoms with Gasteiger partial charge in [-0.1, -0.05) is 48.5 Å². The van der Waals surface area contributed by atoms with Crippen LogP contribution >= 0.6 is 35.4 Å². The summed E-state index contributed by atoms with van der Waals surface area (Å²) in [5.41, 5.74) is 3.04. The molecule has 2 aliphatic rings. The highest BCUT2D eigenvalue weighted by molar-refractivity contribution is 7.80. The molecule has 0 radical (unpaired) electrons. The van der Waals surface area contributed by atoms with E-state index in [9.17, 15) is 0 Å². The van der Waals surface area contributed by atoms with Crippen molar-refractivity contribution in [1.82, 2.24) is 19.8 Å². The first kappa shape index (κ1) is 20.8. The zero-order valence-electron chi connectivity index (χ0n) is 17.0. The van der Waals surface area contributed by atoms with Crippen LogP contribution in [0.1, 0.15) is 55.6 Å². The number of halogens is 2. The molecular weight excluding hydrogens is 447 g/mol. The van der Waals surface area contributed by atoms with Gasteiger partial charge in [0.15, 0.2) is 5.11 Å². The van der Waals surface area contributed by atoms with Gasteiger partial charge in [-0.15, -0.1) is 0 Å². The Morgan fingerprint density at radius 2 is 1.84 bits per heavy atom. The largest absolute Gasteiger partial charge is 0.352 e. The molecule has 1 aliphatic heterocycles. The van der Waals surface area contributed by atoms with Gasteiger partial charge in [0.2, 0.25) is 0 Å². The van der Waals surface area contributed by atoms with E-state index >= 15 is 0 Å². The molecule has 7 heteroatoms. The van der Waals surface area contributed by atoms with Crippen LogP contribution in [-0.4, -0.2) is 25.6 Å². The SMILES string of the molecule is S=C1NC(c2ccccn2)C(c2cccn2-c2ccc(Cl)cc2Cl)N1C1CCCCC1. The second-order valence-electron chi connectivity index (χ2n) is 8.22. The highest BCUT2D eigenvalue weighted by atomic mass is 35.5. The fourth-order valence-electron chi connectivity index (χ4n) is 4.97. The van der Waals surface area contributed by atoms with E-state index in [1.165, 1.54) is 19.3 Å². The van der Waals surface area contributed by atoms with Gasteiger partial charge in [0.25, 0.3) is 0 Å². The molecule has 1 aromatic carbocycles. The minimum absolute atomic E-state index is 0.0206. The fraction of sp³-hybridized carbons (Fsp3) is 0.333. The minimum Gasteiger partial charge on any atom is -0.352 e. The summed E-state index contributed by atoms with van der Waals surface area (Å²) in [6.07, 6.45) is 10.0. The van der Waals surface area contributed by atoms with Crippen molar-refractivity contribution in [1.29, 1.82) is 0 Å². The lowest BCUT2D eigenvalue weighted by Crippen LogP contribution is -2.40. The van der Waals surface area contributed by atoms with Crippen molar-refractivity contribution in [3.8, 4) is 5.69 Å². The number of benzene rings is 1. The summed E-state index contributed by atoms with van der Waals surface area (Å²) in [5, 5.41) is 5.64. The van der Waals surface area contributed by atoms with Crippen LogP contribution in [0, 0.1) is 0 Å². The molecule has 1 N–H and O–H groups in total. The molecule has 2 fully saturated rings. The predicted octanol–water partition coefficient (Wildman–Crippen LogP) is 6.48. The lowest BCUT2D eigenvalue weighted by molar-refractivity contribution is 0.193. The van der Waals surface area contributed by atoms with Crippen LogP contribution in [0.4, 0.5) is 0 Å². The Hall–Kier alpha value is -2.08. The number of hydrogen-bond acceptors (Lipinski definition) is 2. The number of thiocarbonyl (C=S) groups is 1. The quantitative estimate of drug-likeness (QED) is 0.442. The molecule has 1 saturated heterocycles. The van der Waals surface area contributed by atoms with Crippen molar-refractivity contribution in [2.75, 3.05) is 0 Å². The summed E-state index contributed by atoms with van der Waals surface area (Å²) in [5.74, 6) is 0. The summed E-state index contributed by atoms with van der Waals surface area (Å²) in [7, 11) is 0. The molecule has 2 unspecified atom stereocenters. The van der Waals surface area contributed by atoms with Gasteiger partial charge < -0.3 is 14.8 Å². The molecule has 3 heterocycles. The van der Waals surface area contributed by atoms with E-state index in [-0.39, 0.29) is 12.1 Å². The van der Waals surface area contributed by atoms with Gasteiger partial charge in [-0.05, 0) is 67.5 Å². The third-order valence-corrected chi connectivity index (χ3v) is 7.22. The van der Waals surface area contributed by atoms with Gasteiger partial charge in [0, 0.05) is 29.2 Å². The molecule has 2 aromatic heterocycles. The third-order valence-electron chi connectivity index (χ3n) is 6.36. The van der Waals surface area contributed by atoms with Gasteiger partial charge in [0.05, 0.1) is 28.5 Å². The third kappa shape index (κ3) is 3.95. The predicted molar refractivity (Wildman–Crippen MR) is 130 cm³/mol. The Morgan fingerprint density at radius 3 is 2.58 bits per heavy atom. The second-order valence-corrected chi connectivity index (χ2v) is 9.45. The van der Waals surface area contributed by atoms with Gasteiger partial charge in [-0.3, -0.25) is 4.98 Å². The number of pyridine rings is 1. The summed E-state index contributed by atoms with van der Waals surface area (Å²) >= 11 is 18.6. The number of rotatable bonds is 4. The standard InChI is InChI=1S/C24H24Cl2N4S/c25-16-11-12-20(18(26)15-16)29-14-6-10-21(29)23-22(19-9-4-5-13-27-19)28-24(31)30(23)17-7-2-1-3-8-17/h4-6,9-15,17,22-23H,1-3,7-8H2,(H,28,31). The van der Waals surface area contributed by atoms with Gasteiger partial charge in [-0.2, -0.15) is 0 Å². The van der Waals surface area contributed by atoms with Crippen molar-refractivity contribution < 1.29 is 0 Å². The Morgan fingerprint density at radius 1 is 1.00 bits per heavy atom.